The van der Waals surface area contributed by atoms with Gasteiger partial charge in [0.2, 0.25) is 5.88 Å². The van der Waals surface area contributed by atoms with E-state index in [1.807, 2.05) is 31.2 Å². The van der Waals surface area contributed by atoms with Crippen LogP contribution in [0.2, 0.25) is 0 Å². The first-order valence-electron chi connectivity index (χ1n) is 6.77. The van der Waals surface area contributed by atoms with Crippen LogP contribution >= 0.6 is 0 Å². The van der Waals surface area contributed by atoms with Crippen LogP contribution in [0.4, 0.5) is 5.69 Å². The molecule has 0 atom stereocenters. The molecule has 0 unspecified atom stereocenters. The minimum absolute atomic E-state index is 0.0749. The van der Waals surface area contributed by atoms with Crippen LogP contribution in [0.5, 0.6) is 5.88 Å². The van der Waals surface area contributed by atoms with E-state index in [4.69, 9.17) is 0 Å². The summed E-state index contributed by atoms with van der Waals surface area (Å²) in [7, 11) is 2.80. The number of fused-ring (bicyclic) bond motifs is 1. The molecule has 1 aromatic heterocycles. The molecule has 1 aromatic carbocycles. The summed E-state index contributed by atoms with van der Waals surface area (Å²) in [5.41, 5.74) is 2.22. The van der Waals surface area contributed by atoms with Gasteiger partial charge in [0.05, 0.1) is 5.69 Å². The highest BCUT2D eigenvalue weighted by Gasteiger charge is 2.20. The van der Waals surface area contributed by atoms with Gasteiger partial charge in [-0.2, -0.15) is 0 Å². The lowest BCUT2D eigenvalue weighted by Crippen LogP contribution is -2.38. The molecule has 6 nitrogen and oxygen atoms in total. The summed E-state index contributed by atoms with van der Waals surface area (Å²) < 4.78 is 2.01. The van der Waals surface area contributed by atoms with Crippen LogP contribution in [0.3, 0.4) is 0 Å². The minimum Gasteiger partial charge on any atom is -0.494 e. The standard InChI is InChI=1S/C16H15N3O3/c1-9-11(10-6-4-5-7-13(10)17-9)8-12-14(20)18(2)16(22)19(3)15(12)21/h4-8,20H,1-3H3. The Bertz CT molecular complexity index is 962. The predicted octanol–water partition coefficient (Wildman–Crippen LogP) is 1.44. The van der Waals surface area contributed by atoms with Gasteiger partial charge in [-0.15, -0.1) is 0 Å². The van der Waals surface area contributed by atoms with Crippen molar-refractivity contribution < 1.29 is 5.11 Å². The van der Waals surface area contributed by atoms with Crippen LogP contribution < -0.4 is 11.2 Å². The van der Waals surface area contributed by atoms with Crippen LogP contribution in [-0.4, -0.2) is 20.0 Å². The number of aromatic nitrogens is 2. The lowest BCUT2D eigenvalue weighted by Gasteiger charge is -2.09. The molecule has 112 valence electrons. The fourth-order valence-corrected chi connectivity index (χ4v) is 2.55. The molecule has 0 aliphatic carbocycles. The second kappa shape index (κ2) is 4.84. The number of nitrogens with zero attached hydrogens (tertiary/aromatic N) is 3. The van der Waals surface area contributed by atoms with Crippen molar-refractivity contribution in [3.8, 4) is 5.88 Å². The van der Waals surface area contributed by atoms with E-state index in [0.717, 1.165) is 31.7 Å². The number of benzene rings is 1. The van der Waals surface area contributed by atoms with E-state index >= 15 is 0 Å². The maximum absolute atomic E-state index is 12.3. The monoisotopic (exact) mass is 297 g/mol. The first kappa shape index (κ1) is 14.1. The largest absolute Gasteiger partial charge is 0.494 e. The van der Waals surface area contributed by atoms with Gasteiger partial charge in [-0.1, -0.05) is 18.2 Å². The van der Waals surface area contributed by atoms with Gasteiger partial charge in [-0.25, -0.2) is 4.79 Å². The normalized spacial score (nSPS) is 15.0. The third-order valence-electron chi connectivity index (χ3n) is 3.83. The zero-order valence-corrected chi connectivity index (χ0v) is 12.5. The van der Waals surface area contributed by atoms with Crippen molar-refractivity contribution in [3.05, 3.63) is 56.2 Å². The van der Waals surface area contributed by atoms with Crippen molar-refractivity contribution in [1.29, 1.82) is 0 Å². The van der Waals surface area contributed by atoms with Crippen LogP contribution in [-0.2, 0) is 14.1 Å². The average Bonchev–Trinajstić information content (AvgIpc) is 2.83. The first-order valence-corrected chi connectivity index (χ1v) is 6.77. The van der Waals surface area contributed by atoms with Gasteiger partial charge in [-0.05, 0) is 19.1 Å². The highest BCUT2D eigenvalue weighted by molar-refractivity contribution is 6.31. The zero-order chi connectivity index (χ0) is 16.0. The summed E-state index contributed by atoms with van der Waals surface area (Å²) in [6, 6.07) is 7.57. The number of rotatable bonds is 1. The van der Waals surface area contributed by atoms with E-state index in [9.17, 15) is 14.7 Å². The molecule has 6 heteroatoms. The van der Waals surface area contributed by atoms with Gasteiger partial charge in [0.25, 0.3) is 5.56 Å². The molecule has 0 saturated carbocycles. The zero-order valence-electron chi connectivity index (χ0n) is 12.5. The molecule has 1 aliphatic rings. The van der Waals surface area contributed by atoms with Gasteiger partial charge in [0, 0.05) is 30.9 Å². The summed E-state index contributed by atoms with van der Waals surface area (Å²) in [5, 5.41) is 10.1. The molecule has 0 amide bonds. The molecule has 0 saturated heterocycles. The summed E-state index contributed by atoms with van der Waals surface area (Å²) >= 11 is 0. The van der Waals surface area contributed by atoms with Crippen molar-refractivity contribution in [2.45, 2.75) is 6.92 Å². The van der Waals surface area contributed by atoms with Crippen LogP contribution in [0, 0.1) is 0 Å². The Labute approximate surface area is 126 Å². The highest BCUT2D eigenvalue weighted by Crippen LogP contribution is 2.35. The molecular weight excluding hydrogens is 282 g/mol. The number of aliphatic imine (C=N–C) groups is 1. The van der Waals surface area contributed by atoms with Crippen LogP contribution in [0.15, 0.2) is 38.8 Å². The fraction of sp³-hybridized carbons (Fsp3) is 0.188. The third kappa shape index (κ3) is 1.92. The summed E-state index contributed by atoms with van der Waals surface area (Å²) in [4.78, 5) is 28.5. The average molecular weight is 297 g/mol. The predicted molar refractivity (Wildman–Crippen MR) is 85.7 cm³/mol. The quantitative estimate of drug-likeness (QED) is 0.865. The van der Waals surface area contributed by atoms with E-state index in [1.54, 1.807) is 6.08 Å². The number of aromatic hydroxyl groups is 1. The molecule has 22 heavy (non-hydrogen) atoms. The number of hydrogen-bond donors (Lipinski definition) is 1. The van der Waals surface area contributed by atoms with Crippen molar-refractivity contribution in [2.24, 2.45) is 19.1 Å². The van der Waals surface area contributed by atoms with Gasteiger partial charge in [0.15, 0.2) is 0 Å². The fourth-order valence-electron chi connectivity index (χ4n) is 2.55. The Kier molecular flexibility index (Phi) is 3.09. The molecule has 0 bridgehead atoms. The minimum atomic E-state index is -0.568. The molecule has 3 rings (SSSR count). The molecular formula is C16H15N3O3. The molecule has 0 spiro atoms. The number of hydrogen-bond acceptors (Lipinski definition) is 4. The Morgan fingerprint density at radius 2 is 1.82 bits per heavy atom. The second-order valence-corrected chi connectivity index (χ2v) is 5.22. The Morgan fingerprint density at radius 3 is 2.55 bits per heavy atom. The van der Waals surface area contributed by atoms with Crippen molar-refractivity contribution >= 4 is 23.0 Å². The van der Waals surface area contributed by atoms with Crippen LogP contribution in [0.1, 0.15) is 18.1 Å². The van der Waals surface area contributed by atoms with E-state index in [2.05, 4.69) is 4.99 Å². The summed E-state index contributed by atoms with van der Waals surface area (Å²) in [5.74, 6) is -0.349. The third-order valence-corrected chi connectivity index (χ3v) is 3.83. The summed E-state index contributed by atoms with van der Waals surface area (Å²) in [6.07, 6.45) is 1.59. The van der Waals surface area contributed by atoms with Crippen molar-refractivity contribution in [2.75, 3.05) is 0 Å². The van der Waals surface area contributed by atoms with Gasteiger partial charge < -0.3 is 5.11 Å². The van der Waals surface area contributed by atoms with Crippen molar-refractivity contribution in [3.63, 3.8) is 0 Å². The first-order chi connectivity index (χ1) is 10.4. The SMILES string of the molecule is CC1=Nc2ccccc2C1=Cc1c(O)n(C)c(=O)n(C)c1=O. The highest BCUT2D eigenvalue weighted by atomic mass is 16.3. The maximum atomic E-state index is 12.3. The molecule has 2 aromatic rings. The van der Waals surface area contributed by atoms with E-state index in [1.165, 1.54) is 14.1 Å². The lowest BCUT2D eigenvalue weighted by molar-refractivity contribution is 0.410. The smallest absolute Gasteiger partial charge is 0.333 e. The topological polar surface area (TPSA) is 76.6 Å². The van der Waals surface area contributed by atoms with E-state index in [-0.39, 0.29) is 11.4 Å². The van der Waals surface area contributed by atoms with Crippen molar-refractivity contribution in [1.82, 2.24) is 9.13 Å². The molecule has 2 heterocycles. The second-order valence-electron chi connectivity index (χ2n) is 5.22. The van der Waals surface area contributed by atoms with Crippen LogP contribution in [0.25, 0.3) is 11.6 Å². The van der Waals surface area contributed by atoms with Gasteiger partial charge >= 0.3 is 5.69 Å². The molecule has 1 N–H and O–H groups in total. The Balaban J connectivity index is 2.30. The Morgan fingerprint density at radius 1 is 1.14 bits per heavy atom. The maximum Gasteiger partial charge on any atom is 0.333 e. The Hall–Kier alpha value is -2.89. The van der Waals surface area contributed by atoms with E-state index < -0.39 is 11.2 Å². The molecule has 1 aliphatic heterocycles. The van der Waals surface area contributed by atoms with Gasteiger partial charge in [0.1, 0.15) is 5.56 Å². The van der Waals surface area contributed by atoms with E-state index in [0.29, 0.717) is 0 Å². The summed E-state index contributed by atoms with van der Waals surface area (Å²) in [6.45, 7) is 1.84. The van der Waals surface area contributed by atoms with Gasteiger partial charge in [-0.3, -0.25) is 18.9 Å². The molecule has 0 fully saturated rings. The molecule has 0 radical (unpaired) electrons. The lowest BCUT2D eigenvalue weighted by atomic mass is 10.0. The number of allylic oxidation sites excluding steroid dienone is 1. The number of para-hydroxylation sites is 1.